The number of nitro groups is 1. The predicted molar refractivity (Wildman–Crippen MR) is 75.1 cm³/mol. The van der Waals surface area contributed by atoms with Gasteiger partial charge in [-0.1, -0.05) is 0 Å². The van der Waals surface area contributed by atoms with Crippen LogP contribution in [-0.2, 0) is 10.0 Å². The molecule has 1 aromatic heterocycles. The van der Waals surface area contributed by atoms with Crippen LogP contribution in [0, 0.1) is 17.0 Å². The number of hydrogen-bond acceptors (Lipinski definition) is 7. The van der Waals surface area contributed by atoms with Gasteiger partial charge in [-0.2, -0.15) is 5.10 Å². The van der Waals surface area contributed by atoms with Crippen molar-refractivity contribution in [3.8, 4) is 0 Å². The number of nitro benzene ring substituents is 1. The molecule has 0 aliphatic carbocycles. The van der Waals surface area contributed by atoms with Crippen LogP contribution in [0.5, 0.6) is 0 Å². The second-order valence-electron chi connectivity index (χ2n) is 4.15. The highest BCUT2D eigenvalue weighted by Gasteiger charge is 2.23. The van der Waals surface area contributed by atoms with Gasteiger partial charge in [-0.05, 0) is 30.7 Å². The van der Waals surface area contributed by atoms with E-state index in [1.54, 1.807) is 0 Å². The molecule has 110 valence electrons. The molecule has 2 rings (SSSR count). The molecule has 2 aromatic rings. The van der Waals surface area contributed by atoms with Crippen molar-refractivity contribution in [1.82, 2.24) is 10.2 Å². The Labute approximate surface area is 120 Å². The van der Waals surface area contributed by atoms with Gasteiger partial charge in [0.15, 0.2) is 5.82 Å². The van der Waals surface area contributed by atoms with E-state index in [0.717, 1.165) is 6.07 Å². The van der Waals surface area contributed by atoms with Crippen molar-refractivity contribution in [3.05, 3.63) is 46.1 Å². The minimum atomic E-state index is -4.03. The number of anilines is 2. The Morgan fingerprint density at radius 3 is 2.67 bits per heavy atom. The van der Waals surface area contributed by atoms with Crippen LogP contribution in [-0.4, -0.2) is 23.5 Å². The molecular weight excluding hydrogens is 298 g/mol. The van der Waals surface area contributed by atoms with Crippen LogP contribution in [0.15, 0.2) is 35.4 Å². The van der Waals surface area contributed by atoms with Gasteiger partial charge in [-0.25, -0.2) is 8.42 Å². The van der Waals surface area contributed by atoms with E-state index in [2.05, 4.69) is 14.9 Å². The summed E-state index contributed by atoms with van der Waals surface area (Å²) >= 11 is 0. The normalized spacial score (nSPS) is 11.1. The van der Waals surface area contributed by atoms with Gasteiger partial charge in [0.1, 0.15) is 5.69 Å². The lowest BCUT2D eigenvalue weighted by Gasteiger charge is -2.10. The number of nitrogens with one attached hydrogen (secondary N) is 1. The fourth-order valence-electron chi connectivity index (χ4n) is 1.70. The highest BCUT2D eigenvalue weighted by atomic mass is 32.2. The molecule has 0 amide bonds. The van der Waals surface area contributed by atoms with E-state index in [0.29, 0.717) is 0 Å². The van der Waals surface area contributed by atoms with Crippen LogP contribution in [0.25, 0.3) is 0 Å². The number of nitrogens with two attached hydrogens (primary N) is 1. The molecule has 0 saturated carbocycles. The smallest absolute Gasteiger partial charge is 0.293 e. The minimum absolute atomic E-state index is 0.0105. The monoisotopic (exact) mass is 309 g/mol. The van der Waals surface area contributed by atoms with Crippen LogP contribution in [0.3, 0.4) is 0 Å². The molecule has 3 N–H and O–H groups in total. The molecule has 9 nitrogen and oxygen atoms in total. The lowest BCUT2D eigenvalue weighted by atomic mass is 10.2. The van der Waals surface area contributed by atoms with E-state index in [-0.39, 0.29) is 22.0 Å². The minimum Gasteiger partial charge on any atom is -0.393 e. The zero-order valence-corrected chi connectivity index (χ0v) is 11.7. The first kappa shape index (κ1) is 14.7. The maximum atomic E-state index is 12.3. The van der Waals surface area contributed by atoms with E-state index in [1.165, 1.54) is 31.3 Å². The number of sulfonamides is 1. The number of aromatic nitrogens is 2. The molecule has 0 aliphatic heterocycles. The van der Waals surface area contributed by atoms with Gasteiger partial charge in [0, 0.05) is 12.3 Å². The molecule has 0 aliphatic rings. The molecule has 0 unspecified atom stereocenters. The van der Waals surface area contributed by atoms with Crippen molar-refractivity contribution in [2.45, 2.75) is 11.8 Å². The summed E-state index contributed by atoms with van der Waals surface area (Å²) in [5, 5.41) is 18.0. The third-order valence-corrected chi connectivity index (χ3v) is 4.12. The molecule has 0 fully saturated rings. The molecule has 1 aromatic carbocycles. The summed E-state index contributed by atoms with van der Waals surface area (Å²) in [5.74, 6) is 0.0105. The molecule has 1 heterocycles. The summed E-state index contributed by atoms with van der Waals surface area (Å²) in [6.45, 7) is 1.49. The maximum Gasteiger partial charge on any atom is 0.293 e. The number of aryl methyl sites for hydroxylation is 1. The lowest BCUT2D eigenvalue weighted by molar-refractivity contribution is -0.384. The van der Waals surface area contributed by atoms with Crippen molar-refractivity contribution in [3.63, 3.8) is 0 Å². The molecule has 0 bridgehead atoms. The van der Waals surface area contributed by atoms with Gasteiger partial charge in [-0.3, -0.25) is 14.8 Å². The molecular formula is C11H11N5O4S. The number of nitrogens with zero attached hydrogens (tertiary/aromatic N) is 3. The quantitative estimate of drug-likeness (QED) is 0.489. The Kier molecular flexibility index (Phi) is 3.72. The van der Waals surface area contributed by atoms with E-state index in [9.17, 15) is 18.5 Å². The SMILES string of the molecule is Cc1cc(N)c([N+](=O)[O-])cc1S(=O)(=O)Nc1cccnn1. The van der Waals surface area contributed by atoms with E-state index in [4.69, 9.17) is 5.73 Å². The first-order chi connectivity index (χ1) is 9.81. The Morgan fingerprint density at radius 2 is 2.10 bits per heavy atom. The molecule has 0 spiro atoms. The fraction of sp³-hybridized carbons (Fsp3) is 0.0909. The van der Waals surface area contributed by atoms with Crippen molar-refractivity contribution in [1.29, 1.82) is 0 Å². The second-order valence-corrected chi connectivity index (χ2v) is 5.80. The zero-order valence-electron chi connectivity index (χ0n) is 10.8. The summed E-state index contributed by atoms with van der Waals surface area (Å²) in [4.78, 5) is 9.88. The third-order valence-electron chi connectivity index (χ3n) is 2.62. The molecule has 21 heavy (non-hydrogen) atoms. The maximum absolute atomic E-state index is 12.3. The Balaban J connectivity index is 2.50. The first-order valence-electron chi connectivity index (χ1n) is 5.66. The van der Waals surface area contributed by atoms with E-state index in [1.807, 2.05) is 0 Å². The second kappa shape index (κ2) is 5.32. The van der Waals surface area contributed by atoms with Crippen LogP contribution in [0.1, 0.15) is 5.56 Å². The molecule has 10 heteroatoms. The largest absolute Gasteiger partial charge is 0.393 e. The molecule has 0 atom stereocenters. The van der Waals surface area contributed by atoms with Crippen molar-refractivity contribution in [2.24, 2.45) is 0 Å². The summed E-state index contributed by atoms with van der Waals surface area (Å²) in [6.07, 6.45) is 1.39. The summed E-state index contributed by atoms with van der Waals surface area (Å²) in [7, 11) is -4.03. The molecule has 0 radical (unpaired) electrons. The standard InChI is InChI=1S/C11H11N5O4S/c1-7-5-8(12)9(16(17)18)6-10(7)21(19,20)15-11-3-2-4-13-14-11/h2-6H,12H2,1H3,(H,14,15). The van der Waals surface area contributed by atoms with E-state index < -0.39 is 20.6 Å². The molecule has 0 saturated heterocycles. The van der Waals surface area contributed by atoms with Crippen LogP contribution < -0.4 is 10.5 Å². The van der Waals surface area contributed by atoms with Gasteiger partial charge < -0.3 is 5.73 Å². The van der Waals surface area contributed by atoms with Gasteiger partial charge in [-0.15, -0.1) is 5.10 Å². The highest BCUT2D eigenvalue weighted by molar-refractivity contribution is 7.92. The Bertz CT molecular complexity index is 792. The van der Waals surface area contributed by atoms with Gasteiger partial charge in [0.05, 0.1) is 9.82 Å². The lowest BCUT2D eigenvalue weighted by Crippen LogP contribution is -2.16. The summed E-state index contributed by atoms with van der Waals surface area (Å²) in [6, 6.07) is 5.07. The number of benzene rings is 1. The van der Waals surface area contributed by atoms with Crippen LogP contribution >= 0.6 is 0 Å². The van der Waals surface area contributed by atoms with Gasteiger partial charge >= 0.3 is 0 Å². The van der Waals surface area contributed by atoms with Crippen molar-refractivity contribution < 1.29 is 13.3 Å². The summed E-state index contributed by atoms with van der Waals surface area (Å²) < 4.78 is 26.7. The number of hydrogen-bond donors (Lipinski definition) is 2. The van der Waals surface area contributed by atoms with Crippen molar-refractivity contribution in [2.75, 3.05) is 10.5 Å². The topological polar surface area (TPSA) is 141 Å². The van der Waals surface area contributed by atoms with Crippen LogP contribution in [0.2, 0.25) is 0 Å². The number of nitrogen functional groups attached to an aromatic ring is 1. The first-order valence-corrected chi connectivity index (χ1v) is 7.14. The number of rotatable bonds is 4. The Hall–Kier alpha value is -2.75. The Morgan fingerprint density at radius 1 is 1.38 bits per heavy atom. The predicted octanol–water partition coefficient (Wildman–Crippen LogP) is 1.08. The highest BCUT2D eigenvalue weighted by Crippen LogP contribution is 2.29. The summed E-state index contributed by atoms with van der Waals surface area (Å²) in [5.41, 5.74) is 5.22. The third kappa shape index (κ3) is 3.05. The van der Waals surface area contributed by atoms with Crippen molar-refractivity contribution >= 4 is 27.2 Å². The average Bonchev–Trinajstić information content (AvgIpc) is 2.38. The average molecular weight is 309 g/mol. The van der Waals surface area contributed by atoms with Gasteiger partial charge in [0.2, 0.25) is 0 Å². The van der Waals surface area contributed by atoms with Crippen LogP contribution in [0.4, 0.5) is 17.2 Å². The van der Waals surface area contributed by atoms with Gasteiger partial charge in [0.25, 0.3) is 15.7 Å². The fourth-order valence-corrected chi connectivity index (χ4v) is 2.94. The zero-order chi connectivity index (χ0) is 15.6. The van der Waals surface area contributed by atoms with E-state index >= 15 is 0 Å².